The van der Waals surface area contributed by atoms with Crippen LogP contribution < -0.4 is 0 Å². The number of unbranched alkanes of at least 4 members (excludes halogenated alkanes) is 2. The lowest BCUT2D eigenvalue weighted by atomic mass is 10.3. The Hall–Kier alpha value is 0.350. The van der Waals surface area contributed by atoms with E-state index in [1.807, 2.05) is 0 Å². The van der Waals surface area contributed by atoms with Gasteiger partial charge in [0.05, 0.1) is 0 Å². The fourth-order valence-electron chi connectivity index (χ4n) is 1.49. The molecule has 15 heavy (non-hydrogen) atoms. The number of nitrogens with zero attached hydrogens (tertiary/aromatic N) is 1. The minimum absolute atomic E-state index is 0.641. The highest BCUT2D eigenvalue weighted by molar-refractivity contribution is 7.16. The maximum Gasteiger partial charge on any atom is 0.0478 e. The molecular weight excluding hydrogens is 205 g/mol. The van der Waals surface area contributed by atoms with E-state index in [-0.39, 0.29) is 0 Å². The number of hydrogen-bond donors (Lipinski definition) is 0. The van der Waals surface area contributed by atoms with Gasteiger partial charge in [0.1, 0.15) is 0 Å². The van der Waals surface area contributed by atoms with Crippen molar-refractivity contribution in [2.45, 2.75) is 52.5 Å². The Morgan fingerprint density at radius 2 is 1.80 bits per heavy atom. The lowest BCUT2D eigenvalue weighted by molar-refractivity contribution is 0.116. The van der Waals surface area contributed by atoms with Gasteiger partial charge in [0.15, 0.2) is 0 Å². The van der Waals surface area contributed by atoms with Crippen LogP contribution in [-0.4, -0.2) is 37.0 Å². The highest BCUT2D eigenvalue weighted by Crippen LogP contribution is 2.03. The van der Waals surface area contributed by atoms with Crippen LogP contribution in [0.3, 0.4) is 0 Å². The van der Waals surface area contributed by atoms with Gasteiger partial charge in [-0.2, -0.15) is 0 Å². The fraction of sp³-hybridized carbons (Fsp3) is 1.00. The van der Waals surface area contributed by atoms with Crippen molar-refractivity contribution in [3.8, 4) is 0 Å². The first kappa shape index (κ1) is 15.3. The van der Waals surface area contributed by atoms with Gasteiger partial charge >= 0.3 is 0 Å². The number of ether oxygens (including phenoxy) is 1. The largest absolute Gasteiger partial charge is 0.381 e. The molecule has 0 saturated carbocycles. The van der Waals surface area contributed by atoms with Gasteiger partial charge in [-0.15, -0.1) is 9.24 Å². The second kappa shape index (κ2) is 10.9. The summed E-state index contributed by atoms with van der Waals surface area (Å²) < 4.78 is 5.58. The molecule has 0 N–H and O–H groups in total. The molecule has 2 nitrogen and oxygen atoms in total. The monoisotopic (exact) mass is 233 g/mol. The zero-order chi connectivity index (χ0) is 11.5. The first-order chi connectivity index (χ1) is 7.22. The lowest BCUT2D eigenvalue weighted by Crippen LogP contribution is -2.31. The topological polar surface area (TPSA) is 12.5 Å². The lowest BCUT2D eigenvalue weighted by Gasteiger charge is -2.24. The van der Waals surface area contributed by atoms with E-state index in [1.54, 1.807) is 0 Å². The van der Waals surface area contributed by atoms with Crippen molar-refractivity contribution in [3.05, 3.63) is 0 Å². The van der Waals surface area contributed by atoms with Crippen LogP contribution in [0.2, 0.25) is 0 Å². The van der Waals surface area contributed by atoms with E-state index in [1.165, 1.54) is 19.3 Å². The molecule has 0 bridgehead atoms. The van der Waals surface area contributed by atoms with Crippen molar-refractivity contribution in [1.29, 1.82) is 0 Å². The van der Waals surface area contributed by atoms with Crippen LogP contribution >= 0.6 is 9.24 Å². The summed E-state index contributed by atoms with van der Waals surface area (Å²) in [5.41, 5.74) is 0. The second-order valence-electron chi connectivity index (χ2n) is 4.26. The van der Waals surface area contributed by atoms with Crippen molar-refractivity contribution in [2.75, 3.05) is 26.0 Å². The SMILES string of the molecule is CCCCCOCCCN(CP)C(C)C. The second-order valence-corrected chi connectivity index (χ2v) is 4.63. The van der Waals surface area contributed by atoms with Crippen LogP contribution in [0.25, 0.3) is 0 Å². The number of hydrogen-bond acceptors (Lipinski definition) is 2. The van der Waals surface area contributed by atoms with Gasteiger partial charge in [-0.3, -0.25) is 4.90 Å². The van der Waals surface area contributed by atoms with Crippen molar-refractivity contribution >= 4 is 9.24 Å². The quantitative estimate of drug-likeness (QED) is 0.424. The third-order valence-electron chi connectivity index (χ3n) is 2.59. The summed E-state index contributed by atoms with van der Waals surface area (Å²) in [6.07, 6.45) is 6.00. The summed E-state index contributed by atoms with van der Waals surface area (Å²) in [5.74, 6) is 0. The van der Waals surface area contributed by atoms with Gasteiger partial charge in [-0.25, -0.2) is 0 Å². The summed E-state index contributed by atoms with van der Waals surface area (Å²) in [6.45, 7) is 9.71. The maximum atomic E-state index is 5.58. The van der Waals surface area contributed by atoms with Crippen molar-refractivity contribution in [3.63, 3.8) is 0 Å². The normalized spacial score (nSPS) is 11.6. The Balaban J connectivity index is 3.22. The Labute approximate surface area is 98.0 Å². The smallest absolute Gasteiger partial charge is 0.0478 e. The average Bonchev–Trinajstić information content (AvgIpc) is 2.21. The highest BCUT2D eigenvalue weighted by Gasteiger charge is 2.05. The van der Waals surface area contributed by atoms with Crippen LogP contribution in [0.15, 0.2) is 0 Å². The van der Waals surface area contributed by atoms with E-state index in [4.69, 9.17) is 4.74 Å². The predicted molar refractivity (Wildman–Crippen MR) is 71.4 cm³/mol. The third-order valence-corrected chi connectivity index (χ3v) is 3.06. The van der Waals surface area contributed by atoms with Crippen LogP contribution in [-0.2, 0) is 4.74 Å². The van der Waals surface area contributed by atoms with Gasteiger partial charge < -0.3 is 4.74 Å². The van der Waals surface area contributed by atoms with Gasteiger partial charge in [0, 0.05) is 32.1 Å². The van der Waals surface area contributed by atoms with Crippen LogP contribution in [0.5, 0.6) is 0 Å². The average molecular weight is 233 g/mol. The molecule has 0 aromatic heterocycles. The van der Waals surface area contributed by atoms with Crippen molar-refractivity contribution in [1.82, 2.24) is 4.90 Å². The fourth-order valence-corrected chi connectivity index (χ4v) is 2.09. The summed E-state index contributed by atoms with van der Waals surface area (Å²) in [4.78, 5) is 2.44. The van der Waals surface area contributed by atoms with E-state index < -0.39 is 0 Å². The molecule has 0 saturated heterocycles. The molecule has 0 aliphatic carbocycles. The standard InChI is InChI=1S/C12H28NOP/c1-4-5-6-9-14-10-7-8-13(11-15)12(2)3/h12H,4-11,15H2,1-3H3. The van der Waals surface area contributed by atoms with Gasteiger partial charge in [0.2, 0.25) is 0 Å². The minimum atomic E-state index is 0.641. The molecule has 0 amide bonds. The van der Waals surface area contributed by atoms with Gasteiger partial charge in [-0.1, -0.05) is 19.8 Å². The van der Waals surface area contributed by atoms with E-state index in [0.717, 1.165) is 32.5 Å². The molecule has 0 fully saturated rings. The van der Waals surface area contributed by atoms with Crippen LogP contribution in [0.1, 0.15) is 46.5 Å². The molecule has 0 aliphatic heterocycles. The first-order valence-corrected chi connectivity index (χ1v) is 7.05. The van der Waals surface area contributed by atoms with E-state index >= 15 is 0 Å². The molecule has 0 rings (SSSR count). The maximum absolute atomic E-state index is 5.58. The predicted octanol–water partition coefficient (Wildman–Crippen LogP) is 3.13. The van der Waals surface area contributed by atoms with Crippen LogP contribution in [0.4, 0.5) is 0 Å². The molecule has 92 valence electrons. The third kappa shape index (κ3) is 9.29. The van der Waals surface area contributed by atoms with E-state index in [2.05, 4.69) is 34.9 Å². The molecule has 1 atom stereocenters. The highest BCUT2D eigenvalue weighted by atomic mass is 31.0. The van der Waals surface area contributed by atoms with Gasteiger partial charge in [-0.05, 0) is 26.7 Å². The molecule has 0 radical (unpaired) electrons. The Morgan fingerprint density at radius 1 is 1.13 bits per heavy atom. The molecule has 0 aromatic carbocycles. The molecule has 0 aliphatic rings. The summed E-state index contributed by atoms with van der Waals surface area (Å²) in [7, 11) is 2.79. The van der Waals surface area contributed by atoms with E-state index in [0.29, 0.717) is 6.04 Å². The first-order valence-electron chi connectivity index (χ1n) is 6.24. The Kier molecular flexibility index (Phi) is 11.1. The van der Waals surface area contributed by atoms with E-state index in [9.17, 15) is 0 Å². The molecule has 1 unspecified atom stereocenters. The molecule has 0 aromatic rings. The van der Waals surface area contributed by atoms with Gasteiger partial charge in [0.25, 0.3) is 0 Å². The van der Waals surface area contributed by atoms with Crippen molar-refractivity contribution < 1.29 is 4.74 Å². The molecule has 3 heteroatoms. The summed E-state index contributed by atoms with van der Waals surface area (Å²) in [5, 5.41) is 0. The molecule has 0 heterocycles. The van der Waals surface area contributed by atoms with Crippen LogP contribution in [0, 0.1) is 0 Å². The minimum Gasteiger partial charge on any atom is -0.381 e. The Morgan fingerprint density at radius 3 is 2.33 bits per heavy atom. The zero-order valence-electron chi connectivity index (χ0n) is 10.7. The molecule has 0 spiro atoms. The Bertz CT molecular complexity index is 131. The van der Waals surface area contributed by atoms with Crippen molar-refractivity contribution in [2.24, 2.45) is 0 Å². The molecular formula is C12H28NOP. The zero-order valence-corrected chi connectivity index (χ0v) is 11.8. The summed E-state index contributed by atoms with van der Waals surface area (Å²) in [6, 6.07) is 0.641. The number of rotatable bonds is 10. The summed E-state index contributed by atoms with van der Waals surface area (Å²) >= 11 is 0.